The van der Waals surface area contributed by atoms with Gasteiger partial charge >= 0.3 is 84.4 Å². The Hall–Kier alpha value is 0.739. The van der Waals surface area contributed by atoms with E-state index in [-0.39, 0.29) is 0 Å². The number of aryl methyl sites for hydroxylation is 2. The van der Waals surface area contributed by atoms with Gasteiger partial charge in [0.15, 0.2) is 0 Å². The minimum absolute atomic E-state index is 0.824. The predicted octanol–water partition coefficient (Wildman–Crippen LogP) is 0.874. The molecule has 2 rings (SSSR count). The zero-order chi connectivity index (χ0) is 7.84. The normalized spacial score (nSPS) is 16.5. The average molecular weight is 296 g/mol. The van der Waals surface area contributed by atoms with Gasteiger partial charge in [0.05, 0.1) is 0 Å². The number of hydrogen-bond acceptors (Lipinski definition) is 1. The van der Waals surface area contributed by atoms with Crippen LogP contribution in [0.2, 0.25) is 10.6 Å². The molecular formula is C8H10SSe2. The summed E-state index contributed by atoms with van der Waals surface area (Å²) in [5, 5.41) is 2.99. The predicted molar refractivity (Wildman–Crippen MR) is 54.2 cm³/mol. The molecule has 0 saturated heterocycles. The molecule has 60 valence electrons. The van der Waals surface area contributed by atoms with Crippen LogP contribution in [0, 0.1) is 13.8 Å². The van der Waals surface area contributed by atoms with E-state index in [0.29, 0.717) is 0 Å². The van der Waals surface area contributed by atoms with Crippen molar-refractivity contribution in [3.63, 3.8) is 0 Å². The summed E-state index contributed by atoms with van der Waals surface area (Å²) in [7, 11) is 0. The van der Waals surface area contributed by atoms with Gasteiger partial charge in [-0.1, -0.05) is 0 Å². The van der Waals surface area contributed by atoms with E-state index in [0.717, 1.165) is 29.9 Å². The molecule has 11 heavy (non-hydrogen) atoms. The molecular weight excluding hydrogens is 286 g/mol. The Kier molecular flexibility index (Phi) is 2.45. The summed E-state index contributed by atoms with van der Waals surface area (Å²) in [6, 6.07) is 0. The molecule has 0 spiro atoms. The summed E-state index contributed by atoms with van der Waals surface area (Å²) in [4.78, 5) is 3.22. The molecule has 0 nitrogen and oxygen atoms in total. The third-order valence-electron chi connectivity index (χ3n) is 1.73. The topological polar surface area (TPSA) is 0 Å². The van der Waals surface area contributed by atoms with E-state index in [1.807, 2.05) is 11.3 Å². The molecule has 0 bridgehead atoms. The van der Waals surface area contributed by atoms with Crippen LogP contribution in [0.15, 0.2) is 0 Å². The fourth-order valence-corrected chi connectivity index (χ4v) is 9.89. The van der Waals surface area contributed by atoms with E-state index >= 15 is 0 Å². The molecule has 0 amide bonds. The van der Waals surface area contributed by atoms with E-state index in [2.05, 4.69) is 13.8 Å². The van der Waals surface area contributed by atoms with Crippen LogP contribution in [0.1, 0.15) is 9.75 Å². The van der Waals surface area contributed by atoms with Crippen molar-refractivity contribution in [3.05, 3.63) is 9.75 Å². The SMILES string of the molecule is Cc1sc(C)c2c1[Se]CC[Se]2. The molecule has 1 aromatic rings. The first-order valence-electron chi connectivity index (χ1n) is 3.64. The van der Waals surface area contributed by atoms with Gasteiger partial charge in [-0.3, -0.25) is 0 Å². The first-order valence-corrected chi connectivity index (χ1v) is 8.60. The van der Waals surface area contributed by atoms with Gasteiger partial charge in [0.2, 0.25) is 0 Å². The monoisotopic (exact) mass is 298 g/mol. The summed E-state index contributed by atoms with van der Waals surface area (Å²) < 4.78 is 3.54. The van der Waals surface area contributed by atoms with Crippen LogP contribution in [0.5, 0.6) is 0 Å². The zero-order valence-electron chi connectivity index (χ0n) is 6.64. The standard InChI is InChI=1S/C8H10SSe2/c1-5-7-8(6(2)9-5)11-4-3-10-7/h3-4H2,1-2H3. The third-order valence-corrected chi connectivity index (χ3v) is 10.4. The van der Waals surface area contributed by atoms with Gasteiger partial charge in [0.1, 0.15) is 0 Å². The number of rotatable bonds is 0. The molecule has 0 unspecified atom stereocenters. The fourth-order valence-electron chi connectivity index (χ4n) is 1.26. The van der Waals surface area contributed by atoms with Crippen molar-refractivity contribution in [2.24, 2.45) is 0 Å². The first kappa shape index (κ1) is 8.34. The minimum atomic E-state index is 0.824. The van der Waals surface area contributed by atoms with Gasteiger partial charge in [-0.2, -0.15) is 0 Å². The third kappa shape index (κ3) is 1.46. The maximum absolute atomic E-state index is 2.29. The Labute approximate surface area is 84.1 Å². The second-order valence-electron chi connectivity index (χ2n) is 2.57. The van der Waals surface area contributed by atoms with Crippen molar-refractivity contribution in [1.82, 2.24) is 0 Å². The van der Waals surface area contributed by atoms with Gasteiger partial charge in [0, 0.05) is 0 Å². The van der Waals surface area contributed by atoms with Gasteiger partial charge in [-0.25, -0.2) is 0 Å². The quantitative estimate of drug-likeness (QED) is 0.623. The molecule has 0 N–H and O–H groups in total. The van der Waals surface area contributed by atoms with E-state index in [4.69, 9.17) is 0 Å². The van der Waals surface area contributed by atoms with Crippen molar-refractivity contribution in [1.29, 1.82) is 0 Å². The molecule has 0 fully saturated rings. The van der Waals surface area contributed by atoms with Crippen LogP contribution in [-0.2, 0) is 0 Å². The van der Waals surface area contributed by atoms with Gasteiger partial charge in [-0.05, 0) is 0 Å². The van der Waals surface area contributed by atoms with E-state index in [1.165, 1.54) is 10.6 Å². The molecule has 1 aliphatic rings. The summed E-state index contributed by atoms with van der Waals surface area (Å²) in [5.74, 6) is 0. The van der Waals surface area contributed by atoms with Crippen LogP contribution in [0.4, 0.5) is 0 Å². The van der Waals surface area contributed by atoms with Crippen LogP contribution in [0.3, 0.4) is 0 Å². The molecule has 0 saturated carbocycles. The van der Waals surface area contributed by atoms with E-state index in [9.17, 15) is 0 Å². The Morgan fingerprint density at radius 1 is 1.00 bits per heavy atom. The van der Waals surface area contributed by atoms with Crippen molar-refractivity contribution in [3.8, 4) is 0 Å². The van der Waals surface area contributed by atoms with Gasteiger partial charge in [0.25, 0.3) is 0 Å². The number of thiophene rings is 1. The molecule has 0 aliphatic carbocycles. The molecule has 2 heterocycles. The second-order valence-corrected chi connectivity index (χ2v) is 8.64. The molecule has 0 atom stereocenters. The van der Waals surface area contributed by atoms with Crippen LogP contribution in [0.25, 0.3) is 0 Å². The molecule has 3 heteroatoms. The van der Waals surface area contributed by atoms with Crippen molar-refractivity contribution < 1.29 is 0 Å². The van der Waals surface area contributed by atoms with Gasteiger partial charge in [-0.15, -0.1) is 0 Å². The van der Waals surface area contributed by atoms with Crippen LogP contribution >= 0.6 is 11.3 Å². The molecule has 0 radical (unpaired) electrons. The molecule has 1 aromatic heterocycles. The van der Waals surface area contributed by atoms with Crippen LogP contribution < -0.4 is 8.92 Å². The number of fused-ring (bicyclic) bond motifs is 1. The van der Waals surface area contributed by atoms with E-state index < -0.39 is 0 Å². The van der Waals surface area contributed by atoms with Crippen molar-refractivity contribution in [2.45, 2.75) is 24.5 Å². The first-order chi connectivity index (χ1) is 5.29. The fraction of sp³-hybridized carbons (Fsp3) is 0.500. The molecule has 0 aromatic carbocycles. The summed E-state index contributed by atoms with van der Waals surface area (Å²) >= 11 is 3.66. The average Bonchev–Trinajstić information content (AvgIpc) is 2.30. The van der Waals surface area contributed by atoms with Crippen molar-refractivity contribution >= 4 is 50.2 Å². The summed E-state index contributed by atoms with van der Waals surface area (Å²) in [6.07, 6.45) is 0. The van der Waals surface area contributed by atoms with Crippen LogP contribution in [-0.4, -0.2) is 29.9 Å². The van der Waals surface area contributed by atoms with Crippen molar-refractivity contribution in [2.75, 3.05) is 0 Å². The van der Waals surface area contributed by atoms with E-state index in [1.54, 1.807) is 18.7 Å². The molecule has 1 aliphatic heterocycles. The summed E-state index contributed by atoms with van der Waals surface area (Å²) in [6.45, 7) is 4.58. The second kappa shape index (κ2) is 3.24. The number of hydrogen-bond donors (Lipinski definition) is 0. The Balaban J connectivity index is 2.52. The Morgan fingerprint density at radius 2 is 1.45 bits per heavy atom. The van der Waals surface area contributed by atoms with Gasteiger partial charge < -0.3 is 0 Å². The summed E-state index contributed by atoms with van der Waals surface area (Å²) in [5.41, 5.74) is 0. The Bertz CT molecular complexity index is 251. The zero-order valence-corrected chi connectivity index (χ0v) is 10.9. The maximum atomic E-state index is 2.29. The Morgan fingerprint density at radius 3 is 1.91 bits per heavy atom.